The maximum absolute atomic E-state index is 5.43. The predicted molar refractivity (Wildman–Crippen MR) is 56.0 cm³/mol. The monoisotopic (exact) mass is 185 g/mol. The number of methoxy groups -OCH3 is 1. The Kier molecular flexibility index (Phi) is 2.75. The number of likely N-dealkylation sites (tertiary alicyclic amines) is 1. The van der Waals surface area contributed by atoms with Gasteiger partial charge in [0, 0.05) is 24.7 Å². The molecule has 13 heavy (non-hydrogen) atoms. The van der Waals surface area contributed by atoms with Gasteiger partial charge in [0.2, 0.25) is 0 Å². The minimum Gasteiger partial charge on any atom is -0.380 e. The van der Waals surface area contributed by atoms with Gasteiger partial charge in [-0.1, -0.05) is 0 Å². The van der Waals surface area contributed by atoms with Gasteiger partial charge in [-0.15, -0.1) is 0 Å². The SMILES string of the molecule is COC1CN(C(C)(C)C)C(C)(C)C1. The molecule has 2 nitrogen and oxygen atoms in total. The molecule has 78 valence electrons. The lowest BCUT2D eigenvalue weighted by Crippen LogP contribution is -2.50. The third kappa shape index (κ3) is 2.23. The second-order valence-electron chi connectivity index (χ2n) is 5.66. The van der Waals surface area contributed by atoms with Gasteiger partial charge in [-0.2, -0.15) is 0 Å². The van der Waals surface area contributed by atoms with E-state index in [-0.39, 0.29) is 11.1 Å². The van der Waals surface area contributed by atoms with Gasteiger partial charge in [0.05, 0.1) is 6.10 Å². The van der Waals surface area contributed by atoms with Crippen molar-refractivity contribution >= 4 is 0 Å². The summed E-state index contributed by atoms with van der Waals surface area (Å²) in [5.41, 5.74) is 0.524. The maximum atomic E-state index is 5.43. The van der Waals surface area contributed by atoms with E-state index in [1.807, 2.05) is 7.11 Å². The van der Waals surface area contributed by atoms with Crippen molar-refractivity contribution in [3.05, 3.63) is 0 Å². The zero-order valence-corrected chi connectivity index (χ0v) is 9.85. The molecule has 2 heteroatoms. The first-order valence-electron chi connectivity index (χ1n) is 5.08. The third-order valence-corrected chi connectivity index (χ3v) is 2.99. The predicted octanol–water partition coefficient (Wildman–Crippen LogP) is 2.28. The third-order valence-electron chi connectivity index (χ3n) is 2.99. The lowest BCUT2D eigenvalue weighted by Gasteiger charge is -2.41. The van der Waals surface area contributed by atoms with Gasteiger partial charge in [-0.3, -0.25) is 4.90 Å². The van der Waals surface area contributed by atoms with E-state index < -0.39 is 0 Å². The summed E-state index contributed by atoms with van der Waals surface area (Å²) < 4.78 is 5.43. The van der Waals surface area contributed by atoms with Crippen molar-refractivity contribution in [3.63, 3.8) is 0 Å². The summed E-state index contributed by atoms with van der Waals surface area (Å²) >= 11 is 0. The molecular weight excluding hydrogens is 162 g/mol. The largest absolute Gasteiger partial charge is 0.380 e. The molecule has 0 amide bonds. The van der Waals surface area contributed by atoms with E-state index in [0.717, 1.165) is 13.0 Å². The van der Waals surface area contributed by atoms with Gasteiger partial charge in [0.25, 0.3) is 0 Å². The van der Waals surface area contributed by atoms with E-state index in [1.54, 1.807) is 0 Å². The molecule has 1 atom stereocenters. The zero-order chi connectivity index (χ0) is 10.3. The van der Waals surface area contributed by atoms with Crippen LogP contribution in [0.2, 0.25) is 0 Å². The Morgan fingerprint density at radius 1 is 1.31 bits per heavy atom. The van der Waals surface area contributed by atoms with Crippen molar-refractivity contribution in [1.29, 1.82) is 0 Å². The number of hydrogen-bond donors (Lipinski definition) is 0. The fourth-order valence-electron chi connectivity index (χ4n) is 2.52. The Labute approximate surface area is 82.3 Å². The maximum Gasteiger partial charge on any atom is 0.0716 e. The minimum atomic E-state index is 0.247. The molecule has 1 aliphatic heterocycles. The molecule has 1 unspecified atom stereocenters. The average molecular weight is 185 g/mol. The molecule has 0 N–H and O–H groups in total. The van der Waals surface area contributed by atoms with E-state index in [1.165, 1.54) is 0 Å². The highest BCUT2D eigenvalue weighted by molar-refractivity contribution is 4.98. The highest BCUT2D eigenvalue weighted by Gasteiger charge is 2.43. The van der Waals surface area contributed by atoms with Crippen LogP contribution in [0.25, 0.3) is 0 Å². The number of ether oxygens (including phenoxy) is 1. The second kappa shape index (κ2) is 3.25. The Bertz CT molecular complexity index is 181. The van der Waals surface area contributed by atoms with Crippen LogP contribution in [0, 0.1) is 0 Å². The fraction of sp³-hybridized carbons (Fsp3) is 1.00. The summed E-state index contributed by atoms with van der Waals surface area (Å²) in [6.07, 6.45) is 1.55. The molecule has 0 spiro atoms. The standard InChI is InChI=1S/C11H23NO/c1-10(2,3)12-8-9(13-6)7-11(12,4)5/h9H,7-8H2,1-6H3. The van der Waals surface area contributed by atoms with Gasteiger partial charge in [0.1, 0.15) is 0 Å². The van der Waals surface area contributed by atoms with Crippen LogP contribution in [0.5, 0.6) is 0 Å². The number of rotatable bonds is 1. The Morgan fingerprint density at radius 3 is 2.08 bits per heavy atom. The first-order valence-corrected chi connectivity index (χ1v) is 5.08. The second-order valence-corrected chi connectivity index (χ2v) is 5.66. The van der Waals surface area contributed by atoms with E-state index in [2.05, 4.69) is 39.5 Å². The van der Waals surface area contributed by atoms with Crippen LogP contribution in [0.3, 0.4) is 0 Å². The van der Waals surface area contributed by atoms with Crippen LogP contribution in [-0.2, 0) is 4.74 Å². The van der Waals surface area contributed by atoms with Crippen molar-refractivity contribution in [2.24, 2.45) is 0 Å². The Balaban J connectivity index is 2.76. The van der Waals surface area contributed by atoms with Crippen LogP contribution >= 0.6 is 0 Å². The van der Waals surface area contributed by atoms with Crippen molar-refractivity contribution in [1.82, 2.24) is 4.90 Å². The molecule has 1 rings (SSSR count). The summed E-state index contributed by atoms with van der Waals surface area (Å²) in [4.78, 5) is 2.54. The van der Waals surface area contributed by atoms with Crippen molar-refractivity contribution in [2.45, 2.75) is 58.2 Å². The zero-order valence-electron chi connectivity index (χ0n) is 9.85. The van der Waals surface area contributed by atoms with Gasteiger partial charge in [-0.25, -0.2) is 0 Å². The quantitative estimate of drug-likeness (QED) is 0.621. The summed E-state index contributed by atoms with van der Waals surface area (Å²) in [6, 6.07) is 0. The van der Waals surface area contributed by atoms with Gasteiger partial charge in [-0.05, 0) is 41.0 Å². The van der Waals surface area contributed by atoms with Crippen LogP contribution in [0.15, 0.2) is 0 Å². The van der Waals surface area contributed by atoms with E-state index in [0.29, 0.717) is 6.10 Å². The highest BCUT2D eigenvalue weighted by atomic mass is 16.5. The van der Waals surface area contributed by atoms with E-state index in [9.17, 15) is 0 Å². The molecule has 0 aliphatic carbocycles. The lowest BCUT2D eigenvalue weighted by molar-refractivity contribution is 0.0580. The number of nitrogens with zero attached hydrogens (tertiary/aromatic N) is 1. The molecular formula is C11H23NO. The van der Waals surface area contributed by atoms with Crippen LogP contribution in [0.4, 0.5) is 0 Å². The highest BCUT2D eigenvalue weighted by Crippen LogP contribution is 2.35. The number of hydrogen-bond acceptors (Lipinski definition) is 2. The molecule has 0 saturated carbocycles. The molecule has 0 aromatic carbocycles. The van der Waals surface area contributed by atoms with Crippen LogP contribution in [0.1, 0.15) is 41.0 Å². The van der Waals surface area contributed by atoms with Crippen molar-refractivity contribution in [3.8, 4) is 0 Å². The van der Waals surface area contributed by atoms with Crippen molar-refractivity contribution in [2.75, 3.05) is 13.7 Å². The van der Waals surface area contributed by atoms with Gasteiger partial charge >= 0.3 is 0 Å². The molecule has 0 radical (unpaired) electrons. The summed E-state index contributed by atoms with van der Waals surface area (Å²) in [7, 11) is 1.81. The van der Waals surface area contributed by atoms with Crippen LogP contribution in [-0.4, -0.2) is 35.7 Å². The van der Waals surface area contributed by atoms with Crippen molar-refractivity contribution < 1.29 is 4.74 Å². The molecule has 1 aliphatic rings. The van der Waals surface area contributed by atoms with Gasteiger partial charge < -0.3 is 4.74 Å². The van der Waals surface area contributed by atoms with E-state index in [4.69, 9.17) is 4.74 Å². The Morgan fingerprint density at radius 2 is 1.85 bits per heavy atom. The molecule has 0 aromatic heterocycles. The first kappa shape index (κ1) is 11.0. The lowest BCUT2D eigenvalue weighted by atomic mass is 9.96. The molecule has 0 bridgehead atoms. The normalized spacial score (nSPS) is 29.5. The fourth-order valence-corrected chi connectivity index (χ4v) is 2.52. The van der Waals surface area contributed by atoms with E-state index >= 15 is 0 Å². The van der Waals surface area contributed by atoms with Gasteiger partial charge in [0.15, 0.2) is 0 Å². The summed E-state index contributed by atoms with van der Waals surface area (Å²) in [5, 5.41) is 0. The molecule has 1 fully saturated rings. The topological polar surface area (TPSA) is 12.5 Å². The van der Waals surface area contributed by atoms with Crippen LogP contribution < -0.4 is 0 Å². The first-order chi connectivity index (χ1) is 5.77. The molecule has 1 saturated heterocycles. The summed E-state index contributed by atoms with van der Waals surface area (Å²) in [6.45, 7) is 12.5. The average Bonchev–Trinajstić information content (AvgIpc) is 2.24. The Hall–Kier alpha value is -0.0800. The smallest absolute Gasteiger partial charge is 0.0716 e. The molecule has 1 heterocycles. The molecule has 0 aromatic rings. The minimum absolute atomic E-state index is 0.247. The summed E-state index contributed by atoms with van der Waals surface area (Å²) in [5.74, 6) is 0.